The van der Waals surface area contributed by atoms with E-state index in [-0.39, 0.29) is 11.9 Å². The first kappa shape index (κ1) is 20.5. The van der Waals surface area contributed by atoms with Crippen molar-refractivity contribution >= 4 is 34.6 Å². The molecule has 5 rings (SSSR count). The van der Waals surface area contributed by atoms with E-state index in [9.17, 15) is 4.79 Å². The van der Waals surface area contributed by atoms with Crippen LogP contribution >= 0.6 is 11.6 Å². The maximum atomic E-state index is 13.6. The molecule has 1 aliphatic rings. The number of amides is 1. The average molecular weight is 451 g/mol. The zero-order valence-corrected chi connectivity index (χ0v) is 18.4. The van der Waals surface area contributed by atoms with Crippen LogP contribution in [0.15, 0.2) is 59.3 Å². The number of anilines is 1. The fourth-order valence-electron chi connectivity index (χ4n) is 4.30. The summed E-state index contributed by atoms with van der Waals surface area (Å²) in [7, 11) is 0. The number of fused-ring (bicyclic) bond motifs is 1. The molecule has 1 amide bonds. The van der Waals surface area contributed by atoms with Gasteiger partial charge in [0.05, 0.1) is 29.7 Å². The van der Waals surface area contributed by atoms with E-state index in [0.717, 1.165) is 12.8 Å². The van der Waals surface area contributed by atoms with E-state index in [0.29, 0.717) is 52.4 Å². The van der Waals surface area contributed by atoms with Gasteiger partial charge < -0.3 is 14.6 Å². The number of carbonyl (C=O) groups is 1. The molecule has 0 aliphatic carbocycles. The molecule has 2 aromatic carbocycles. The van der Waals surface area contributed by atoms with Gasteiger partial charge in [0.2, 0.25) is 0 Å². The number of hydrogen-bond donors (Lipinski definition) is 1. The van der Waals surface area contributed by atoms with Crippen LogP contribution < -0.4 is 5.32 Å². The van der Waals surface area contributed by atoms with E-state index < -0.39 is 0 Å². The molecule has 9 heteroatoms. The SMILES string of the molecule is CC1CCCN(C(=O)c2ccccc2-n2nccn2)C1CNc1nc2cc(Cl)ccc2o1. The molecule has 1 saturated heterocycles. The lowest BCUT2D eigenvalue weighted by Gasteiger charge is -2.40. The highest BCUT2D eigenvalue weighted by atomic mass is 35.5. The van der Waals surface area contributed by atoms with E-state index in [4.69, 9.17) is 16.0 Å². The summed E-state index contributed by atoms with van der Waals surface area (Å²) in [5.41, 5.74) is 2.62. The fourth-order valence-corrected chi connectivity index (χ4v) is 4.47. The average Bonchev–Trinajstić information content (AvgIpc) is 3.47. The highest BCUT2D eigenvalue weighted by Gasteiger charge is 2.33. The Kier molecular flexibility index (Phi) is 5.53. The quantitative estimate of drug-likeness (QED) is 0.484. The van der Waals surface area contributed by atoms with Crippen molar-refractivity contribution in [3.63, 3.8) is 0 Å². The largest absolute Gasteiger partial charge is 0.424 e. The van der Waals surface area contributed by atoms with Gasteiger partial charge in [0, 0.05) is 18.1 Å². The molecule has 4 aromatic rings. The van der Waals surface area contributed by atoms with Crippen LogP contribution in [-0.4, -0.2) is 49.9 Å². The smallest absolute Gasteiger partial charge is 0.295 e. The zero-order valence-electron chi connectivity index (χ0n) is 17.6. The summed E-state index contributed by atoms with van der Waals surface area (Å²) in [5.74, 6) is 0.301. The van der Waals surface area contributed by atoms with Gasteiger partial charge in [-0.3, -0.25) is 4.79 Å². The minimum absolute atomic E-state index is 0.00603. The van der Waals surface area contributed by atoms with Gasteiger partial charge in [-0.1, -0.05) is 30.7 Å². The summed E-state index contributed by atoms with van der Waals surface area (Å²) in [6.07, 6.45) is 5.23. The van der Waals surface area contributed by atoms with Gasteiger partial charge in [-0.05, 0) is 49.1 Å². The summed E-state index contributed by atoms with van der Waals surface area (Å²) in [5, 5.41) is 12.3. The van der Waals surface area contributed by atoms with Crippen LogP contribution in [-0.2, 0) is 0 Å². The third kappa shape index (κ3) is 3.93. The second kappa shape index (κ2) is 8.63. The highest BCUT2D eigenvalue weighted by Crippen LogP contribution is 2.28. The van der Waals surface area contributed by atoms with Gasteiger partial charge in [-0.15, -0.1) is 0 Å². The molecule has 1 N–H and O–H groups in total. The zero-order chi connectivity index (χ0) is 22.1. The van der Waals surface area contributed by atoms with Crippen LogP contribution in [0, 0.1) is 5.92 Å². The highest BCUT2D eigenvalue weighted by molar-refractivity contribution is 6.31. The molecule has 32 heavy (non-hydrogen) atoms. The van der Waals surface area contributed by atoms with Crippen LogP contribution in [0.1, 0.15) is 30.1 Å². The van der Waals surface area contributed by atoms with E-state index >= 15 is 0 Å². The molecule has 3 heterocycles. The third-order valence-corrected chi connectivity index (χ3v) is 6.19. The summed E-state index contributed by atoms with van der Waals surface area (Å²) in [4.78, 5) is 21.5. The molecule has 0 saturated carbocycles. The molecule has 0 spiro atoms. The first-order valence-electron chi connectivity index (χ1n) is 10.7. The number of carbonyl (C=O) groups excluding carboxylic acids is 1. The Hall–Kier alpha value is -3.39. The van der Waals surface area contributed by atoms with Crippen molar-refractivity contribution in [3.05, 3.63) is 65.4 Å². The lowest BCUT2D eigenvalue weighted by molar-refractivity contribution is 0.0539. The molecule has 0 radical (unpaired) electrons. The van der Waals surface area contributed by atoms with Crippen molar-refractivity contribution in [2.24, 2.45) is 5.92 Å². The van der Waals surface area contributed by atoms with E-state index in [1.165, 1.54) is 4.80 Å². The number of aromatic nitrogens is 4. The van der Waals surface area contributed by atoms with Crippen molar-refractivity contribution < 1.29 is 9.21 Å². The standard InChI is InChI=1S/C23H23ClN6O2/c1-15-5-4-12-29(22(31)17-6-2-3-7-19(17)30-26-10-11-27-30)20(15)14-25-23-28-18-13-16(24)8-9-21(18)32-23/h2-3,6-11,13,15,20H,4-5,12,14H2,1H3,(H,25,28). The molecular weight excluding hydrogens is 428 g/mol. The second-order valence-corrected chi connectivity index (χ2v) is 8.47. The van der Waals surface area contributed by atoms with Crippen molar-refractivity contribution in [1.82, 2.24) is 24.9 Å². The number of nitrogens with zero attached hydrogens (tertiary/aromatic N) is 5. The van der Waals surface area contributed by atoms with Gasteiger partial charge >= 0.3 is 0 Å². The van der Waals surface area contributed by atoms with Crippen molar-refractivity contribution in [2.45, 2.75) is 25.8 Å². The van der Waals surface area contributed by atoms with Crippen molar-refractivity contribution in [2.75, 3.05) is 18.4 Å². The number of rotatable bonds is 5. The van der Waals surface area contributed by atoms with Gasteiger partial charge in [-0.25, -0.2) is 0 Å². The van der Waals surface area contributed by atoms with Crippen molar-refractivity contribution in [1.29, 1.82) is 0 Å². The van der Waals surface area contributed by atoms with E-state index in [1.807, 2.05) is 29.2 Å². The number of hydrogen-bond acceptors (Lipinski definition) is 6. The normalized spacial score (nSPS) is 18.8. The maximum absolute atomic E-state index is 13.6. The number of likely N-dealkylation sites (tertiary alicyclic amines) is 1. The Balaban J connectivity index is 1.38. The Bertz CT molecular complexity index is 1240. The van der Waals surface area contributed by atoms with Gasteiger partial charge in [0.1, 0.15) is 5.52 Å². The lowest BCUT2D eigenvalue weighted by Crippen LogP contribution is -2.51. The predicted octanol–water partition coefficient (Wildman–Crippen LogP) is 4.41. The Labute approximate surface area is 190 Å². The molecular formula is C23H23ClN6O2. The molecule has 2 atom stereocenters. The summed E-state index contributed by atoms with van der Waals surface area (Å²) < 4.78 is 5.79. The van der Waals surface area contributed by atoms with Gasteiger partial charge in [-0.2, -0.15) is 20.0 Å². The van der Waals surface area contributed by atoms with Crippen LogP contribution in [0.3, 0.4) is 0 Å². The molecule has 0 bridgehead atoms. The first-order valence-corrected chi connectivity index (χ1v) is 11.0. The van der Waals surface area contributed by atoms with Crippen molar-refractivity contribution in [3.8, 4) is 5.69 Å². The molecule has 2 unspecified atom stereocenters. The molecule has 1 aliphatic heterocycles. The van der Waals surface area contributed by atoms with Crippen LogP contribution in [0.2, 0.25) is 5.02 Å². The van der Waals surface area contributed by atoms with Crippen LogP contribution in [0.25, 0.3) is 16.8 Å². The Morgan fingerprint density at radius 2 is 2.03 bits per heavy atom. The predicted molar refractivity (Wildman–Crippen MR) is 122 cm³/mol. The minimum Gasteiger partial charge on any atom is -0.424 e. The summed E-state index contributed by atoms with van der Waals surface area (Å²) in [6.45, 7) is 3.41. The Morgan fingerprint density at radius 1 is 1.22 bits per heavy atom. The molecule has 164 valence electrons. The number of para-hydroxylation sites is 1. The second-order valence-electron chi connectivity index (χ2n) is 8.03. The third-order valence-electron chi connectivity index (χ3n) is 5.96. The van der Waals surface area contributed by atoms with Crippen LogP contribution in [0.5, 0.6) is 0 Å². The van der Waals surface area contributed by atoms with Gasteiger partial charge in [0.15, 0.2) is 5.58 Å². The summed E-state index contributed by atoms with van der Waals surface area (Å²) in [6, 6.07) is 13.2. The number of nitrogens with one attached hydrogen (secondary N) is 1. The Morgan fingerprint density at radius 3 is 2.88 bits per heavy atom. The first-order chi connectivity index (χ1) is 15.6. The number of halogens is 1. The molecule has 1 fully saturated rings. The lowest BCUT2D eigenvalue weighted by atomic mass is 9.90. The molecule has 2 aromatic heterocycles. The summed E-state index contributed by atoms with van der Waals surface area (Å²) >= 11 is 6.05. The van der Waals surface area contributed by atoms with E-state index in [1.54, 1.807) is 30.6 Å². The van der Waals surface area contributed by atoms with Gasteiger partial charge in [0.25, 0.3) is 11.9 Å². The fraction of sp³-hybridized carbons (Fsp3) is 0.304. The molecule has 8 nitrogen and oxygen atoms in total. The maximum Gasteiger partial charge on any atom is 0.295 e. The number of piperidine rings is 1. The monoisotopic (exact) mass is 450 g/mol. The van der Waals surface area contributed by atoms with Crippen LogP contribution in [0.4, 0.5) is 6.01 Å². The van der Waals surface area contributed by atoms with E-state index in [2.05, 4.69) is 27.4 Å². The minimum atomic E-state index is -0.0272. The number of benzene rings is 2. The number of oxazole rings is 1. The topological polar surface area (TPSA) is 89.1 Å².